The zero-order chi connectivity index (χ0) is 15.7. The molecule has 0 aliphatic carbocycles. The van der Waals surface area contributed by atoms with Crippen LogP contribution in [0.15, 0.2) is 24.3 Å². The molecule has 1 heteroatoms. The third-order valence-electron chi connectivity index (χ3n) is 5.55. The van der Waals surface area contributed by atoms with Crippen molar-refractivity contribution in [3.8, 4) is 0 Å². The summed E-state index contributed by atoms with van der Waals surface area (Å²) in [6, 6.07) is 9.14. The fraction of sp³-hybridized carbons (Fsp3) is 0.700. The van der Waals surface area contributed by atoms with Gasteiger partial charge in [-0.15, -0.1) is 0 Å². The van der Waals surface area contributed by atoms with Crippen LogP contribution in [0, 0.1) is 18.3 Å². The number of likely N-dealkylation sites (tertiary alicyclic amines) is 1. The summed E-state index contributed by atoms with van der Waals surface area (Å²) in [4.78, 5) is 2.47. The molecule has 1 aliphatic heterocycles. The number of aryl methyl sites for hydroxylation is 1. The summed E-state index contributed by atoms with van der Waals surface area (Å²) in [5, 5.41) is 0. The van der Waals surface area contributed by atoms with E-state index in [0.717, 1.165) is 5.92 Å². The zero-order valence-corrected chi connectivity index (χ0v) is 14.9. The van der Waals surface area contributed by atoms with Crippen LogP contribution in [0.4, 0.5) is 0 Å². The highest BCUT2D eigenvalue weighted by molar-refractivity contribution is 5.27. The topological polar surface area (TPSA) is 3.24 Å². The predicted octanol–water partition coefficient (Wildman–Crippen LogP) is 5.03. The van der Waals surface area contributed by atoms with E-state index in [9.17, 15) is 0 Å². The van der Waals surface area contributed by atoms with E-state index in [1.165, 1.54) is 43.5 Å². The molecule has 0 saturated carbocycles. The first-order chi connectivity index (χ1) is 9.71. The van der Waals surface area contributed by atoms with Gasteiger partial charge in [0.05, 0.1) is 0 Å². The Hall–Kier alpha value is -0.820. The highest BCUT2D eigenvalue weighted by Gasteiger charge is 2.37. The summed E-state index contributed by atoms with van der Waals surface area (Å²) in [7, 11) is 2.25. The van der Waals surface area contributed by atoms with Gasteiger partial charge in [0, 0.05) is 0 Å². The molecule has 1 aromatic rings. The van der Waals surface area contributed by atoms with Crippen LogP contribution in [-0.2, 0) is 5.41 Å². The molecule has 1 aliphatic rings. The molecule has 0 atom stereocenters. The monoisotopic (exact) mass is 287 g/mol. The van der Waals surface area contributed by atoms with Crippen LogP contribution in [0.25, 0.3) is 0 Å². The van der Waals surface area contributed by atoms with Crippen molar-refractivity contribution in [2.75, 3.05) is 20.1 Å². The van der Waals surface area contributed by atoms with Crippen molar-refractivity contribution < 1.29 is 0 Å². The maximum absolute atomic E-state index is 2.49. The second kappa shape index (κ2) is 6.12. The standard InChI is InChI=1S/C20H33N/c1-16-7-9-17(10-8-16)19(2,3)15-20(4,5)18-11-13-21(6)14-12-18/h7-10,18H,11-15H2,1-6H3. The summed E-state index contributed by atoms with van der Waals surface area (Å²) in [5.41, 5.74) is 3.49. The van der Waals surface area contributed by atoms with Crippen LogP contribution in [0.1, 0.15) is 58.1 Å². The molecule has 1 nitrogen and oxygen atoms in total. The maximum atomic E-state index is 2.49. The molecule has 0 bridgehead atoms. The average Bonchev–Trinajstić information content (AvgIpc) is 2.38. The lowest BCUT2D eigenvalue weighted by Crippen LogP contribution is -2.39. The highest BCUT2D eigenvalue weighted by Crippen LogP contribution is 2.44. The molecular formula is C20H33N. The lowest BCUT2D eigenvalue weighted by Gasteiger charge is -2.44. The van der Waals surface area contributed by atoms with Gasteiger partial charge in [-0.05, 0) is 68.6 Å². The summed E-state index contributed by atoms with van der Waals surface area (Å²) in [6.07, 6.45) is 3.97. The number of benzene rings is 1. The van der Waals surface area contributed by atoms with Gasteiger partial charge in [-0.3, -0.25) is 0 Å². The van der Waals surface area contributed by atoms with E-state index < -0.39 is 0 Å². The molecule has 0 N–H and O–H groups in total. The smallest absolute Gasteiger partial charge is 0.00189 e. The maximum Gasteiger partial charge on any atom is -0.00189 e. The Kier molecular flexibility index (Phi) is 4.82. The summed E-state index contributed by atoms with van der Waals surface area (Å²) >= 11 is 0. The molecule has 1 saturated heterocycles. The van der Waals surface area contributed by atoms with Gasteiger partial charge in [-0.2, -0.15) is 0 Å². The fourth-order valence-corrected chi connectivity index (χ4v) is 4.18. The number of hydrogen-bond donors (Lipinski definition) is 0. The number of nitrogens with zero attached hydrogens (tertiary/aromatic N) is 1. The van der Waals surface area contributed by atoms with Gasteiger partial charge in [0.2, 0.25) is 0 Å². The minimum atomic E-state index is 0.251. The molecule has 0 unspecified atom stereocenters. The SMILES string of the molecule is Cc1ccc(C(C)(C)CC(C)(C)C2CCN(C)CC2)cc1. The molecule has 1 heterocycles. The second-order valence-electron chi connectivity index (χ2n) is 8.49. The van der Waals surface area contributed by atoms with E-state index in [1.54, 1.807) is 0 Å². The molecule has 0 spiro atoms. The first-order valence-electron chi connectivity index (χ1n) is 8.46. The van der Waals surface area contributed by atoms with E-state index in [1.807, 2.05) is 0 Å². The molecule has 0 amide bonds. The van der Waals surface area contributed by atoms with Crippen LogP contribution in [0.3, 0.4) is 0 Å². The van der Waals surface area contributed by atoms with Gasteiger partial charge in [-0.25, -0.2) is 0 Å². The van der Waals surface area contributed by atoms with Crippen molar-refractivity contribution in [2.24, 2.45) is 11.3 Å². The Morgan fingerprint density at radius 3 is 2.05 bits per heavy atom. The Labute approximate surface area is 131 Å². The Bertz CT molecular complexity index is 447. The van der Waals surface area contributed by atoms with Crippen LogP contribution in [-0.4, -0.2) is 25.0 Å². The lowest BCUT2D eigenvalue weighted by molar-refractivity contribution is 0.0882. The minimum absolute atomic E-state index is 0.251. The third kappa shape index (κ3) is 4.10. The number of hydrogen-bond acceptors (Lipinski definition) is 1. The first kappa shape index (κ1) is 16.5. The van der Waals surface area contributed by atoms with Crippen molar-refractivity contribution in [2.45, 2.75) is 59.3 Å². The zero-order valence-electron chi connectivity index (χ0n) is 14.9. The van der Waals surface area contributed by atoms with Crippen LogP contribution in [0.5, 0.6) is 0 Å². The van der Waals surface area contributed by atoms with Gasteiger partial charge in [-0.1, -0.05) is 57.5 Å². The van der Waals surface area contributed by atoms with E-state index in [-0.39, 0.29) is 5.41 Å². The number of piperidine rings is 1. The van der Waals surface area contributed by atoms with E-state index >= 15 is 0 Å². The first-order valence-corrected chi connectivity index (χ1v) is 8.46. The summed E-state index contributed by atoms with van der Waals surface area (Å²) in [5.74, 6) is 0.860. The van der Waals surface area contributed by atoms with E-state index in [4.69, 9.17) is 0 Å². The van der Waals surface area contributed by atoms with Gasteiger partial charge < -0.3 is 4.90 Å². The molecule has 1 aromatic carbocycles. The van der Waals surface area contributed by atoms with Crippen molar-refractivity contribution in [1.82, 2.24) is 4.90 Å². The van der Waals surface area contributed by atoms with Crippen molar-refractivity contribution >= 4 is 0 Å². The molecule has 0 aromatic heterocycles. The van der Waals surface area contributed by atoms with Crippen LogP contribution < -0.4 is 0 Å². The van der Waals surface area contributed by atoms with Crippen molar-refractivity contribution in [1.29, 1.82) is 0 Å². The Balaban J connectivity index is 2.08. The quantitative estimate of drug-likeness (QED) is 0.750. The molecule has 21 heavy (non-hydrogen) atoms. The molecule has 0 radical (unpaired) electrons. The third-order valence-corrected chi connectivity index (χ3v) is 5.55. The molecule has 118 valence electrons. The lowest BCUT2D eigenvalue weighted by atomic mass is 9.64. The predicted molar refractivity (Wildman–Crippen MR) is 92.8 cm³/mol. The van der Waals surface area contributed by atoms with E-state index in [2.05, 4.69) is 70.8 Å². The molecular weight excluding hydrogens is 254 g/mol. The van der Waals surface area contributed by atoms with E-state index in [0.29, 0.717) is 5.41 Å². The molecule has 1 fully saturated rings. The second-order valence-corrected chi connectivity index (χ2v) is 8.49. The van der Waals surface area contributed by atoms with Gasteiger partial charge >= 0.3 is 0 Å². The average molecular weight is 287 g/mol. The van der Waals surface area contributed by atoms with Crippen LogP contribution in [0.2, 0.25) is 0 Å². The Morgan fingerprint density at radius 1 is 1.00 bits per heavy atom. The summed E-state index contributed by atoms with van der Waals surface area (Å²) in [6.45, 7) is 14.5. The fourth-order valence-electron chi connectivity index (χ4n) is 4.18. The normalized spacial score (nSPS) is 19.0. The highest BCUT2D eigenvalue weighted by atomic mass is 15.1. The van der Waals surface area contributed by atoms with Crippen molar-refractivity contribution in [3.63, 3.8) is 0 Å². The largest absolute Gasteiger partial charge is 0.306 e. The van der Waals surface area contributed by atoms with Gasteiger partial charge in [0.1, 0.15) is 0 Å². The van der Waals surface area contributed by atoms with Gasteiger partial charge in [0.15, 0.2) is 0 Å². The van der Waals surface area contributed by atoms with Crippen LogP contribution >= 0.6 is 0 Å². The number of rotatable bonds is 4. The Morgan fingerprint density at radius 2 is 1.52 bits per heavy atom. The minimum Gasteiger partial charge on any atom is -0.306 e. The van der Waals surface area contributed by atoms with Gasteiger partial charge in [0.25, 0.3) is 0 Å². The molecule has 2 rings (SSSR count). The summed E-state index contributed by atoms with van der Waals surface area (Å²) < 4.78 is 0. The van der Waals surface area contributed by atoms with Crippen molar-refractivity contribution in [3.05, 3.63) is 35.4 Å².